The van der Waals surface area contributed by atoms with Crippen LogP contribution in [0, 0.1) is 0 Å². The average molecular weight is 224 g/mol. The summed E-state index contributed by atoms with van der Waals surface area (Å²) in [6.45, 7) is 5.56. The number of rotatable bonds is 3. The minimum Gasteiger partial charge on any atom is -0.348 e. The van der Waals surface area contributed by atoms with E-state index in [1.807, 2.05) is 0 Å². The van der Waals surface area contributed by atoms with Crippen molar-refractivity contribution in [2.45, 2.75) is 38.8 Å². The van der Waals surface area contributed by atoms with Gasteiger partial charge in [-0.3, -0.25) is 4.18 Å². The fraction of sp³-hybridized carbons (Fsp3) is 1.00. The molecule has 0 aromatic heterocycles. The smallest absolute Gasteiger partial charge is 0.264 e. The van der Waals surface area contributed by atoms with Crippen LogP contribution in [-0.4, -0.2) is 39.3 Å². The van der Waals surface area contributed by atoms with Gasteiger partial charge in [0.1, 0.15) is 12.2 Å². The van der Waals surface area contributed by atoms with Gasteiger partial charge in [0.2, 0.25) is 0 Å². The lowest BCUT2D eigenvalue weighted by Crippen LogP contribution is -2.32. The highest BCUT2D eigenvalue weighted by molar-refractivity contribution is 7.86. The van der Waals surface area contributed by atoms with Crippen molar-refractivity contribution in [3.8, 4) is 0 Å². The van der Waals surface area contributed by atoms with E-state index in [4.69, 9.17) is 13.7 Å². The molecule has 0 radical (unpaired) electrons. The van der Waals surface area contributed by atoms with E-state index in [9.17, 15) is 8.42 Å². The summed E-state index contributed by atoms with van der Waals surface area (Å²) < 4.78 is 37.2. The van der Waals surface area contributed by atoms with Crippen LogP contribution in [0.4, 0.5) is 0 Å². The first-order valence-corrected chi connectivity index (χ1v) is 6.21. The van der Waals surface area contributed by atoms with E-state index in [0.29, 0.717) is 6.61 Å². The van der Waals surface area contributed by atoms with E-state index in [2.05, 4.69) is 0 Å². The van der Waals surface area contributed by atoms with Crippen molar-refractivity contribution in [1.82, 2.24) is 0 Å². The molecule has 0 aromatic carbocycles. The van der Waals surface area contributed by atoms with Crippen LogP contribution in [0.15, 0.2) is 0 Å². The summed E-state index contributed by atoms with van der Waals surface area (Å²) in [5.41, 5.74) is 0. The molecule has 1 aliphatic rings. The molecule has 1 saturated heterocycles. The number of ether oxygens (including phenoxy) is 2. The summed E-state index contributed by atoms with van der Waals surface area (Å²) in [7, 11) is -3.43. The van der Waals surface area contributed by atoms with Gasteiger partial charge >= 0.3 is 0 Å². The Morgan fingerprint density at radius 2 is 2.07 bits per heavy atom. The SMILES string of the molecule is CC(OS(C)(=O)=O)C1COC(C)(C)O1. The highest BCUT2D eigenvalue weighted by Gasteiger charge is 2.37. The third-order valence-corrected chi connectivity index (χ3v) is 2.53. The van der Waals surface area contributed by atoms with Crippen molar-refractivity contribution < 1.29 is 22.1 Å². The van der Waals surface area contributed by atoms with Crippen molar-refractivity contribution >= 4 is 10.1 Å². The molecule has 0 aromatic rings. The largest absolute Gasteiger partial charge is 0.348 e. The molecule has 0 N–H and O–H groups in total. The molecule has 0 spiro atoms. The van der Waals surface area contributed by atoms with Gasteiger partial charge in [0, 0.05) is 0 Å². The van der Waals surface area contributed by atoms with Gasteiger partial charge < -0.3 is 9.47 Å². The van der Waals surface area contributed by atoms with Gasteiger partial charge in [0.05, 0.1) is 12.9 Å². The van der Waals surface area contributed by atoms with Crippen LogP contribution < -0.4 is 0 Å². The number of hydrogen-bond acceptors (Lipinski definition) is 5. The molecule has 0 bridgehead atoms. The summed E-state index contributed by atoms with van der Waals surface area (Å²) in [6.07, 6.45) is 0.163. The van der Waals surface area contributed by atoms with Crippen LogP contribution in [0.1, 0.15) is 20.8 Å². The van der Waals surface area contributed by atoms with E-state index in [0.717, 1.165) is 6.26 Å². The first kappa shape index (κ1) is 11.9. The van der Waals surface area contributed by atoms with E-state index in [-0.39, 0.29) is 6.10 Å². The molecule has 0 amide bonds. The van der Waals surface area contributed by atoms with Crippen LogP contribution >= 0.6 is 0 Å². The summed E-state index contributed by atoms with van der Waals surface area (Å²) in [5, 5.41) is 0. The fourth-order valence-electron chi connectivity index (χ4n) is 1.28. The number of hydrogen-bond donors (Lipinski definition) is 0. The zero-order valence-electron chi connectivity index (χ0n) is 8.81. The zero-order chi connectivity index (χ0) is 11.0. The molecule has 1 aliphatic heterocycles. The molecule has 2 unspecified atom stereocenters. The molecule has 1 heterocycles. The van der Waals surface area contributed by atoms with Gasteiger partial charge in [-0.15, -0.1) is 0 Å². The maximum absolute atomic E-state index is 10.8. The van der Waals surface area contributed by atoms with Crippen LogP contribution in [0.2, 0.25) is 0 Å². The normalized spacial score (nSPS) is 29.0. The molecule has 1 fully saturated rings. The Bertz CT molecular complexity index is 295. The lowest BCUT2D eigenvalue weighted by atomic mass is 10.2. The van der Waals surface area contributed by atoms with Crippen molar-refractivity contribution in [3.05, 3.63) is 0 Å². The van der Waals surface area contributed by atoms with E-state index in [1.165, 1.54) is 0 Å². The summed E-state index contributed by atoms with van der Waals surface area (Å²) >= 11 is 0. The second-order valence-corrected chi connectivity index (χ2v) is 5.47. The van der Waals surface area contributed by atoms with Gasteiger partial charge in [-0.25, -0.2) is 0 Å². The van der Waals surface area contributed by atoms with E-state index >= 15 is 0 Å². The Morgan fingerprint density at radius 3 is 2.43 bits per heavy atom. The highest BCUT2D eigenvalue weighted by Crippen LogP contribution is 2.25. The Kier molecular flexibility index (Phi) is 3.20. The third kappa shape index (κ3) is 3.53. The topological polar surface area (TPSA) is 61.8 Å². The maximum Gasteiger partial charge on any atom is 0.264 e. The molecule has 2 atom stereocenters. The fourth-order valence-corrected chi connectivity index (χ4v) is 1.96. The Morgan fingerprint density at radius 1 is 1.50 bits per heavy atom. The summed E-state index contributed by atoms with van der Waals surface area (Å²) in [4.78, 5) is 0. The van der Waals surface area contributed by atoms with Gasteiger partial charge in [0.25, 0.3) is 10.1 Å². The second kappa shape index (κ2) is 3.77. The van der Waals surface area contributed by atoms with Gasteiger partial charge in [-0.05, 0) is 20.8 Å². The Hall–Kier alpha value is -0.170. The predicted molar refractivity (Wildman–Crippen MR) is 50.3 cm³/mol. The molecule has 84 valence electrons. The van der Waals surface area contributed by atoms with Crippen LogP contribution in [-0.2, 0) is 23.8 Å². The molecular formula is C8H16O5S. The standard InChI is InChI=1S/C8H16O5S/c1-6(13-14(4,9)10)7-5-11-8(2,3)12-7/h6-7H,5H2,1-4H3. The average Bonchev–Trinajstić information content (AvgIpc) is 2.26. The van der Waals surface area contributed by atoms with Crippen molar-refractivity contribution in [3.63, 3.8) is 0 Å². The van der Waals surface area contributed by atoms with Crippen LogP contribution in [0.3, 0.4) is 0 Å². The maximum atomic E-state index is 10.8. The van der Waals surface area contributed by atoms with Crippen LogP contribution in [0.5, 0.6) is 0 Å². The molecule has 0 saturated carbocycles. The van der Waals surface area contributed by atoms with E-state index < -0.39 is 22.0 Å². The van der Waals surface area contributed by atoms with Crippen molar-refractivity contribution in [2.24, 2.45) is 0 Å². The Balaban J connectivity index is 2.52. The van der Waals surface area contributed by atoms with Crippen molar-refractivity contribution in [2.75, 3.05) is 12.9 Å². The first-order chi connectivity index (χ1) is 6.20. The lowest BCUT2D eigenvalue weighted by Gasteiger charge is -2.20. The van der Waals surface area contributed by atoms with Crippen LogP contribution in [0.25, 0.3) is 0 Å². The van der Waals surface area contributed by atoms with E-state index in [1.54, 1.807) is 20.8 Å². The van der Waals surface area contributed by atoms with Gasteiger partial charge in [-0.1, -0.05) is 0 Å². The summed E-state index contributed by atoms with van der Waals surface area (Å²) in [6, 6.07) is 0. The zero-order valence-corrected chi connectivity index (χ0v) is 9.63. The van der Waals surface area contributed by atoms with Gasteiger partial charge in [0.15, 0.2) is 5.79 Å². The quantitative estimate of drug-likeness (QED) is 0.653. The lowest BCUT2D eigenvalue weighted by molar-refractivity contribution is -0.147. The molecule has 0 aliphatic carbocycles. The minimum atomic E-state index is -3.43. The predicted octanol–water partition coefficient (Wildman–Crippen LogP) is 0.503. The Labute approximate surface area is 84.5 Å². The second-order valence-electron chi connectivity index (χ2n) is 3.87. The highest BCUT2D eigenvalue weighted by atomic mass is 32.2. The minimum absolute atomic E-state index is 0.334. The van der Waals surface area contributed by atoms with Gasteiger partial charge in [-0.2, -0.15) is 8.42 Å². The third-order valence-electron chi connectivity index (χ3n) is 1.88. The first-order valence-electron chi connectivity index (χ1n) is 4.40. The molecule has 1 rings (SSSR count). The molecule has 14 heavy (non-hydrogen) atoms. The molecule has 5 nitrogen and oxygen atoms in total. The molecule has 6 heteroatoms. The summed E-state index contributed by atoms with van der Waals surface area (Å²) in [5.74, 6) is -0.653. The van der Waals surface area contributed by atoms with Crippen molar-refractivity contribution in [1.29, 1.82) is 0 Å². The monoisotopic (exact) mass is 224 g/mol. The molecular weight excluding hydrogens is 208 g/mol.